The lowest BCUT2D eigenvalue weighted by Crippen LogP contribution is -2.29. The van der Waals surface area contributed by atoms with Crippen molar-refractivity contribution in [2.24, 2.45) is 0 Å². The summed E-state index contributed by atoms with van der Waals surface area (Å²) in [6, 6.07) is 11.4. The van der Waals surface area contributed by atoms with Crippen LogP contribution in [0.5, 0.6) is 0 Å². The van der Waals surface area contributed by atoms with Crippen molar-refractivity contribution in [3.05, 3.63) is 64.6 Å². The van der Waals surface area contributed by atoms with Gasteiger partial charge >= 0.3 is 0 Å². The fraction of sp³-hybridized carbons (Fsp3) is 0.176. The summed E-state index contributed by atoms with van der Waals surface area (Å²) in [4.78, 5) is 18.2. The van der Waals surface area contributed by atoms with E-state index in [1.807, 2.05) is 37.3 Å². The molecule has 112 valence electrons. The summed E-state index contributed by atoms with van der Waals surface area (Å²) in [6.07, 6.45) is 3.22. The van der Waals surface area contributed by atoms with Gasteiger partial charge in [0.1, 0.15) is 11.3 Å². The zero-order valence-electron chi connectivity index (χ0n) is 12.3. The highest BCUT2D eigenvalue weighted by Gasteiger charge is 2.22. The number of furan rings is 1. The smallest absolute Gasteiger partial charge is 0.255 e. The van der Waals surface area contributed by atoms with E-state index in [-0.39, 0.29) is 11.9 Å². The molecule has 1 aromatic carbocycles. The molecule has 22 heavy (non-hydrogen) atoms. The highest BCUT2D eigenvalue weighted by molar-refractivity contribution is 9.10. The van der Waals surface area contributed by atoms with Gasteiger partial charge in [0.15, 0.2) is 0 Å². The number of para-hydroxylation sites is 1. The summed E-state index contributed by atoms with van der Waals surface area (Å²) in [7, 11) is 1.76. The van der Waals surface area contributed by atoms with E-state index in [0.717, 1.165) is 21.2 Å². The van der Waals surface area contributed by atoms with Crippen molar-refractivity contribution in [2.75, 3.05) is 7.05 Å². The van der Waals surface area contributed by atoms with Crippen molar-refractivity contribution in [2.45, 2.75) is 13.0 Å². The normalized spacial score (nSPS) is 12.3. The summed E-state index contributed by atoms with van der Waals surface area (Å²) in [6.45, 7) is 1.95. The van der Waals surface area contributed by atoms with Gasteiger partial charge in [-0.1, -0.05) is 18.2 Å². The molecule has 1 amide bonds. The first-order valence-corrected chi connectivity index (χ1v) is 7.72. The van der Waals surface area contributed by atoms with Crippen molar-refractivity contribution in [3.8, 4) is 0 Å². The number of aromatic nitrogens is 1. The molecule has 3 aromatic rings. The molecule has 0 spiro atoms. The van der Waals surface area contributed by atoms with E-state index in [4.69, 9.17) is 4.42 Å². The lowest BCUT2D eigenvalue weighted by Gasteiger charge is -2.23. The molecule has 5 heteroatoms. The molecule has 3 rings (SSSR count). The topological polar surface area (TPSA) is 46.3 Å². The Morgan fingerprint density at radius 1 is 1.27 bits per heavy atom. The van der Waals surface area contributed by atoms with Crippen LogP contribution >= 0.6 is 15.9 Å². The predicted octanol–water partition coefficient (Wildman–Crippen LogP) is 4.42. The maximum atomic E-state index is 12.6. The molecule has 2 aromatic heterocycles. The second-order valence-corrected chi connectivity index (χ2v) is 6.09. The number of benzene rings is 1. The van der Waals surface area contributed by atoms with Gasteiger partial charge in [-0.15, -0.1) is 0 Å². The maximum Gasteiger partial charge on any atom is 0.255 e. The number of fused-ring (bicyclic) bond motifs is 1. The summed E-state index contributed by atoms with van der Waals surface area (Å²) in [5.74, 6) is 0.668. The number of nitrogens with zero attached hydrogens (tertiary/aromatic N) is 2. The van der Waals surface area contributed by atoms with Crippen molar-refractivity contribution in [1.82, 2.24) is 9.88 Å². The van der Waals surface area contributed by atoms with Gasteiger partial charge in [-0.05, 0) is 41.1 Å². The monoisotopic (exact) mass is 358 g/mol. The molecule has 4 nitrogen and oxygen atoms in total. The average molecular weight is 359 g/mol. The Morgan fingerprint density at radius 2 is 2.05 bits per heavy atom. The molecule has 0 bridgehead atoms. The number of hydrogen-bond donors (Lipinski definition) is 0. The van der Waals surface area contributed by atoms with Crippen molar-refractivity contribution < 1.29 is 9.21 Å². The number of hydrogen-bond acceptors (Lipinski definition) is 3. The Kier molecular flexibility index (Phi) is 3.98. The summed E-state index contributed by atoms with van der Waals surface area (Å²) in [5.41, 5.74) is 1.37. The first kappa shape index (κ1) is 14.8. The third-order valence-corrected chi connectivity index (χ3v) is 4.14. The zero-order chi connectivity index (χ0) is 15.7. The lowest BCUT2D eigenvalue weighted by atomic mass is 10.1. The minimum atomic E-state index is -0.168. The molecule has 2 heterocycles. The third kappa shape index (κ3) is 2.76. The number of pyridine rings is 1. The van der Waals surface area contributed by atoms with Crippen LogP contribution in [0, 0.1) is 0 Å². The number of carbonyl (C=O) groups is 1. The second-order valence-electron chi connectivity index (χ2n) is 5.17. The highest BCUT2D eigenvalue weighted by atomic mass is 79.9. The van der Waals surface area contributed by atoms with Crippen LogP contribution in [0.15, 0.2) is 57.7 Å². The molecular weight excluding hydrogens is 344 g/mol. The SMILES string of the molecule is CC(c1cc2ccccc2o1)N(C)C(=O)c1cncc(Br)c1. The Labute approximate surface area is 136 Å². The second kappa shape index (κ2) is 5.93. The lowest BCUT2D eigenvalue weighted by molar-refractivity contribution is 0.0727. The van der Waals surface area contributed by atoms with Crippen molar-refractivity contribution in [3.63, 3.8) is 0 Å². The number of carbonyl (C=O) groups excluding carboxylic acids is 1. The number of halogens is 1. The first-order valence-electron chi connectivity index (χ1n) is 6.92. The van der Waals surface area contributed by atoms with E-state index in [1.54, 1.807) is 30.4 Å². The third-order valence-electron chi connectivity index (χ3n) is 3.71. The molecule has 0 aliphatic carbocycles. The van der Waals surface area contributed by atoms with Crippen LogP contribution in [0.1, 0.15) is 29.1 Å². The number of rotatable bonds is 3. The van der Waals surface area contributed by atoms with Gasteiger partial charge in [-0.3, -0.25) is 9.78 Å². The van der Waals surface area contributed by atoms with Gasteiger partial charge in [-0.2, -0.15) is 0 Å². The van der Waals surface area contributed by atoms with Crippen LogP contribution in [0.4, 0.5) is 0 Å². The minimum absolute atomic E-state index is 0.0956. The van der Waals surface area contributed by atoms with Crippen LogP contribution < -0.4 is 0 Å². The van der Waals surface area contributed by atoms with E-state index >= 15 is 0 Å². The van der Waals surface area contributed by atoms with Gasteiger partial charge < -0.3 is 9.32 Å². The van der Waals surface area contributed by atoms with E-state index < -0.39 is 0 Å². The molecule has 0 saturated carbocycles. The molecule has 0 aliphatic heterocycles. The first-order chi connectivity index (χ1) is 10.6. The predicted molar refractivity (Wildman–Crippen MR) is 88.7 cm³/mol. The molecule has 1 unspecified atom stereocenters. The Bertz CT molecular complexity index is 795. The Balaban J connectivity index is 1.87. The van der Waals surface area contributed by atoms with E-state index in [0.29, 0.717) is 5.56 Å². The zero-order valence-corrected chi connectivity index (χ0v) is 13.9. The molecule has 0 aliphatic rings. The van der Waals surface area contributed by atoms with Crippen molar-refractivity contribution in [1.29, 1.82) is 0 Å². The summed E-state index contributed by atoms with van der Waals surface area (Å²) in [5, 5.41) is 1.04. The fourth-order valence-corrected chi connectivity index (χ4v) is 2.67. The quantitative estimate of drug-likeness (QED) is 0.695. The van der Waals surface area contributed by atoms with E-state index in [2.05, 4.69) is 20.9 Å². The van der Waals surface area contributed by atoms with Gasteiger partial charge in [0.2, 0.25) is 0 Å². The standard InChI is InChI=1S/C17H15BrN2O2/c1-11(16-8-12-5-3-4-6-15(12)22-16)20(2)17(21)13-7-14(18)10-19-9-13/h3-11H,1-2H3. The fourth-order valence-electron chi connectivity index (χ4n) is 2.31. The summed E-state index contributed by atoms with van der Waals surface area (Å²) >= 11 is 3.33. The van der Waals surface area contributed by atoms with Crippen molar-refractivity contribution >= 4 is 32.8 Å². The van der Waals surface area contributed by atoms with Gasteiger partial charge in [0.05, 0.1) is 11.6 Å². The van der Waals surface area contributed by atoms with Crippen LogP contribution in [0.3, 0.4) is 0 Å². The average Bonchev–Trinajstić information content (AvgIpc) is 2.96. The molecule has 0 fully saturated rings. The summed E-state index contributed by atoms with van der Waals surface area (Å²) < 4.78 is 6.62. The van der Waals surface area contributed by atoms with Crippen LogP contribution in [-0.2, 0) is 0 Å². The molecule has 0 radical (unpaired) electrons. The van der Waals surface area contributed by atoms with Gasteiger partial charge in [0.25, 0.3) is 5.91 Å². The van der Waals surface area contributed by atoms with E-state index in [1.165, 1.54) is 0 Å². The van der Waals surface area contributed by atoms with Crippen LogP contribution in [0.2, 0.25) is 0 Å². The highest BCUT2D eigenvalue weighted by Crippen LogP contribution is 2.27. The molecule has 0 saturated heterocycles. The Hall–Kier alpha value is -2.14. The maximum absolute atomic E-state index is 12.6. The largest absolute Gasteiger partial charge is 0.459 e. The van der Waals surface area contributed by atoms with Crippen LogP contribution in [0.25, 0.3) is 11.0 Å². The minimum Gasteiger partial charge on any atom is -0.459 e. The molecule has 1 atom stereocenters. The molecular formula is C17H15BrN2O2. The molecule has 0 N–H and O–H groups in total. The van der Waals surface area contributed by atoms with Crippen LogP contribution in [-0.4, -0.2) is 22.8 Å². The Morgan fingerprint density at radius 3 is 2.77 bits per heavy atom. The number of amides is 1. The van der Waals surface area contributed by atoms with E-state index in [9.17, 15) is 4.79 Å². The van der Waals surface area contributed by atoms with Gasteiger partial charge in [-0.25, -0.2) is 0 Å². The van der Waals surface area contributed by atoms with Gasteiger partial charge in [0, 0.05) is 29.3 Å².